The first-order chi connectivity index (χ1) is 7.63. The highest BCUT2D eigenvalue weighted by Gasteiger charge is 1.97. The summed E-state index contributed by atoms with van der Waals surface area (Å²) in [5.41, 5.74) is 4.28. The van der Waals surface area contributed by atoms with Crippen molar-refractivity contribution in [1.82, 2.24) is 4.37 Å². The summed E-state index contributed by atoms with van der Waals surface area (Å²) >= 11 is 1.37. The van der Waals surface area contributed by atoms with Crippen LogP contribution in [-0.4, -0.2) is 4.37 Å². The first-order valence-corrected chi connectivity index (χ1v) is 5.84. The van der Waals surface area contributed by atoms with E-state index in [0.29, 0.717) is 0 Å². The smallest absolute Gasteiger partial charge is 0.159 e. The van der Waals surface area contributed by atoms with Crippen molar-refractivity contribution in [1.29, 1.82) is 0 Å². The number of aryl methyl sites for hydroxylation is 3. The van der Waals surface area contributed by atoms with Gasteiger partial charge in [0.1, 0.15) is 0 Å². The first kappa shape index (κ1) is 11.0. The zero-order valence-corrected chi connectivity index (χ0v) is 10.4. The van der Waals surface area contributed by atoms with Crippen LogP contribution in [0.5, 0.6) is 0 Å². The van der Waals surface area contributed by atoms with Crippen molar-refractivity contribution in [2.45, 2.75) is 20.8 Å². The number of nitrogens with zero attached hydrogens (tertiary/aromatic N) is 3. The van der Waals surface area contributed by atoms with Crippen molar-refractivity contribution < 1.29 is 0 Å². The summed E-state index contributed by atoms with van der Waals surface area (Å²) < 4.78 is 4.15. The molecule has 0 aliphatic rings. The highest BCUT2D eigenvalue weighted by atomic mass is 32.1. The molecule has 1 aromatic heterocycles. The lowest BCUT2D eigenvalue weighted by atomic mass is 10.1. The molecule has 0 amide bonds. The maximum Gasteiger partial charge on any atom is 0.159 e. The molecule has 3 nitrogen and oxygen atoms in total. The molecule has 0 aliphatic heterocycles. The van der Waals surface area contributed by atoms with Crippen molar-refractivity contribution in [3.63, 3.8) is 0 Å². The predicted molar refractivity (Wildman–Crippen MR) is 66.9 cm³/mol. The lowest BCUT2D eigenvalue weighted by molar-refractivity contribution is 1.23. The summed E-state index contributed by atoms with van der Waals surface area (Å²) in [4.78, 5) is 0. The van der Waals surface area contributed by atoms with Crippen molar-refractivity contribution in [3.05, 3.63) is 41.1 Å². The molecule has 0 aliphatic carbocycles. The van der Waals surface area contributed by atoms with Gasteiger partial charge in [0.25, 0.3) is 0 Å². The zero-order chi connectivity index (χ0) is 11.5. The molecule has 0 saturated heterocycles. The lowest BCUT2D eigenvalue weighted by Gasteiger charge is -1.97. The Morgan fingerprint density at radius 1 is 0.938 bits per heavy atom. The van der Waals surface area contributed by atoms with E-state index in [1.807, 2.05) is 25.1 Å². The Morgan fingerprint density at radius 2 is 1.62 bits per heavy atom. The Morgan fingerprint density at radius 3 is 2.19 bits per heavy atom. The second-order valence-electron chi connectivity index (χ2n) is 3.85. The fourth-order valence-corrected chi connectivity index (χ4v) is 2.10. The monoisotopic (exact) mass is 231 g/mol. The Bertz CT molecular complexity index is 509. The number of benzene rings is 1. The molecule has 1 aromatic carbocycles. The van der Waals surface area contributed by atoms with Gasteiger partial charge in [-0.05, 0) is 61.6 Å². The standard InChI is InChI=1S/C12H13N3S/c1-8-4-9(2)6-11(5-8)13-14-12-7-10(3)15-16-12/h4-7H,1-3H3. The molecule has 0 spiro atoms. The number of hydrogen-bond donors (Lipinski definition) is 0. The minimum absolute atomic E-state index is 0.844. The van der Waals surface area contributed by atoms with E-state index in [2.05, 4.69) is 34.5 Å². The van der Waals surface area contributed by atoms with Gasteiger partial charge in [0.2, 0.25) is 0 Å². The molecule has 2 aromatic rings. The predicted octanol–water partition coefficient (Wildman–Crippen LogP) is 4.48. The zero-order valence-electron chi connectivity index (χ0n) is 9.56. The Hall–Kier alpha value is -1.55. The second kappa shape index (κ2) is 4.53. The molecule has 16 heavy (non-hydrogen) atoms. The molecule has 0 fully saturated rings. The summed E-state index contributed by atoms with van der Waals surface area (Å²) in [5.74, 6) is 0. The summed E-state index contributed by atoms with van der Waals surface area (Å²) in [7, 11) is 0. The van der Waals surface area contributed by atoms with Crippen LogP contribution in [0.2, 0.25) is 0 Å². The fourth-order valence-electron chi connectivity index (χ4n) is 1.51. The topological polar surface area (TPSA) is 37.6 Å². The van der Waals surface area contributed by atoms with E-state index in [9.17, 15) is 0 Å². The molecule has 2 rings (SSSR count). The molecular formula is C12H13N3S. The molecule has 0 unspecified atom stereocenters. The van der Waals surface area contributed by atoms with Crippen LogP contribution in [0.25, 0.3) is 0 Å². The van der Waals surface area contributed by atoms with E-state index in [1.165, 1.54) is 22.7 Å². The highest BCUT2D eigenvalue weighted by Crippen LogP contribution is 2.24. The molecule has 82 valence electrons. The SMILES string of the molecule is Cc1cc(C)cc(N=Nc2cc(C)ns2)c1. The van der Waals surface area contributed by atoms with Crippen molar-refractivity contribution >= 4 is 22.2 Å². The summed E-state index contributed by atoms with van der Waals surface area (Å²) in [5, 5.41) is 9.21. The van der Waals surface area contributed by atoms with E-state index >= 15 is 0 Å². The van der Waals surface area contributed by atoms with Crippen LogP contribution in [0.4, 0.5) is 10.7 Å². The average Bonchev–Trinajstić information content (AvgIpc) is 2.60. The van der Waals surface area contributed by atoms with Crippen LogP contribution in [0.1, 0.15) is 16.8 Å². The van der Waals surface area contributed by atoms with Crippen LogP contribution >= 0.6 is 11.5 Å². The second-order valence-corrected chi connectivity index (χ2v) is 4.64. The minimum atomic E-state index is 0.844. The molecular weight excluding hydrogens is 218 g/mol. The minimum Gasteiger partial charge on any atom is -0.196 e. The third-order valence-corrected chi connectivity index (χ3v) is 2.85. The molecule has 0 N–H and O–H groups in total. The largest absolute Gasteiger partial charge is 0.196 e. The molecule has 0 saturated carbocycles. The average molecular weight is 231 g/mol. The van der Waals surface area contributed by atoms with Crippen molar-refractivity contribution in [2.75, 3.05) is 0 Å². The van der Waals surface area contributed by atoms with E-state index in [4.69, 9.17) is 0 Å². The van der Waals surface area contributed by atoms with Gasteiger partial charge in [0.05, 0.1) is 11.4 Å². The highest BCUT2D eigenvalue weighted by molar-refractivity contribution is 7.09. The molecule has 4 heteroatoms. The van der Waals surface area contributed by atoms with Crippen molar-refractivity contribution in [3.8, 4) is 0 Å². The van der Waals surface area contributed by atoms with E-state index < -0.39 is 0 Å². The van der Waals surface area contributed by atoms with E-state index in [0.717, 1.165) is 16.4 Å². The van der Waals surface area contributed by atoms with Crippen LogP contribution in [0, 0.1) is 20.8 Å². The van der Waals surface area contributed by atoms with Crippen LogP contribution in [0.15, 0.2) is 34.5 Å². The number of aromatic nitrogens is 1. The van der Waals surface area contributed by atoms with E-state index in [1.54, 1.807) is 0 Å². The molecule has 0 atom stereocenters. The van der Waals surface area contributed by atoms with Gasteiger partial charge < -0.3 is 0 Å². The van der Waals surface area contributed by atoms with Gasteiger partial charge in [-0.1, -0.05) is 6.07 Å². The normalized spacial score (nSPS) is 11.2. The van der Waals surface area contributed by atoms with Gasteiger partial charge in [-0.25, -0.2) is 0 Å². The maximum absolute atomic E-state index is 4.21. The summed E-state index contributed by atoms with van der Waals surface area (Å²) in [6.45, 7) is 6.07. The number of azo groups is 1. The van der Waals surface area contributed by atoms with Gasteiger partial charge in [-0.3, -0.25) is 0 Å². The number of rotatable bonds is 2. The molecule has 0 bridgehead atoms. The number of hydrogen-bond acceptors (Lipinski definition) is 4. The first-order valence-electron chi connectivity index (χ1n) is 5.07. The third-order valence-electron chi connectivity index (χ3n) is 2.09. The Kier molecular flexibility index (Phi) is 3.10. The molecule has 1 heterocycles. The van der Waals surface area contributed by atoms with Gasteiger partial charge in [0, 0.05) is 0 Å². The maximum atomic E-state index is 4.21. The van der Waals surface area contributed by atoms with Gasteiger partial charge in [-0.2, -0.15) is 4.37 Å². The van der Waals surface area contributed by atoms with Gasteiger partial charge >= 0.3 is 0 Å². The van der Waals surface area contributed by atoms with Gasteiger partial charge in [0.15, 0.2) is 5.00 Å². The van der Waals surface area contributed by atoms with Crippen LogP contribution in [-0.2, 0) is 0 Å². The fraction of sp³-hybridized carbons (Fsp3) is 0.250. The van der Waals surface area contributed by atoms with Gasteiger partial charge in [-0.15, -0.1) is 10.2 Å². The summed E-state index contributed by atoms with van der Waals surface area (Å²) in [6.07, 6.45) is 0. The Labute approximate surface area is 99.0 Å². The van der Waals surface area contributed by atoms with Crippen molar-refractivity contribution in [2.24, 2.45) is 10.2 Å². The lowest BCUT2D eigenvalue weighted by Crippen LogP contribution is -1.75. The third kappa shape index (κ3) is 2.73. The van der Waals surface area contributed by atoms with Crippen LogP contribution in [0.3, 0.4) is 0 Å². The quantitative estimate of drug-likeness (QED) is 0.702. The molecule has 0 radical (unpaired) electrons. The van der Waals surface area contributed by atoms with E-state index in [-0.39, 0.29) is 0 Å². The Balaban J connectivity index is 2.23. The summed E-state index contributed by atoms with van der Waals surface area (Å²) in [6, 6.07) is 8.08. The van der Waals surface area contributed by atoms with Crippen LogP contribution < -0.4 is 0 Å².